The normalized spacial score (nSPS) is 10.8. The van der Waals surface area contributed by atoms with Crippen LogP contribution in [-0.4, -0.2) is 4.98 Å². The summed E-state index contributed by atoms with van der Waals surface area (Å²) in [5.74, 6) is -1.75. The van der Waals surface area contributed by atoms with E-state index in [1.165, 1.54) is 6.07 Å². The Balaban J connectivity index is 2.34. The van der Waals surface area contributed by atoms with E-state index in [2.05, 4.69) is 4.98 Å². The third-order valence-electron chi connectivity index (χ3n) is 2.82. The van der Waals surface area contributed by atoms with Crippen LogP contribution in [0.15, 0.2) is 54.6 Å². The lowest BCUT2D eigenvalue weighted by Gasteiger charge is -2.06. The number of benzene rings is 2. The molecular weight excluding hydrogens is 232 g/mol. The summed E-state index contributed by atoms with van der Waals surface area (Å²) < 4.78 is 27.9. The Hall–Kier alpha value is -2.29. The van der Waals surface area contributed by atoms with Gasteiger partial charge in [0.1, 0.15) is 5.69 Å². The van der Waals surface area contributed by atoms with Crippen molar-refractivity contribution in [3.8, 4) is 11.3 Å². The fourth-order valence-corrected chi connectivity index (χ4v) is 1.94. The largest absolute Gasteiger partial charge is 0.244 e. The van der Waals surface area contributed by atoms with E-state index in [0.29, 0.717) is 11.1 Å². The number of aromatic nitrogens is 1. The number of hydrogen-bond donors (Lipinski definition) is 0. The van der Waals surface area contributed by atoms with Crippen LogP contribution in [-0.2, 0) is 0 Å². The molecule has 3 rings (SSSR count). The molecule has 0 aliphatic rings. The van der Waals surface area contributed by atoms with E-state index in [9.17, 15) is 8.78 Å². The summed E-state index contributed by atoms with van der Waals surface area (Å²) in [5, 5.41) is 0.203. The Labute approximate surface area is 103 Å². The molecule has 88 valence electrons. The first kappa shape index (κ1) is 10.8. The molecule has 0 aliphatic heterocycles. The van der Waals surface area contributed by atoms with Gasteiger partial charge in [0.25, 0.3) is 0 Å². The second-order valence-electron chi connectivity index (χ2n) is 3.97. The van der Waals surface area contributed by atoms with Crippen LogP contribution in [0.1, 0.15) is 0 Å². The highest BCUT2D eigenvalue weighted by molar-refractivity contribution is 5.82. The molecule has 18 heavy (non-hydrogen) atoms. The Morgan fingerprint density at radius 3 is 2.17 bits per heavy atom. The van der Waals surface area contributed by atoms with Gasteiger partial charge in [-0.05, 0) is 12.1 Å². The van der Waals surface area contributed by atoms with Gasteiger partial charge in [-0.2, -0.15) is 0 Å². The summed E-state index contributed by atoms with van der Waals surface area (Å²) in [6.45, 7) is 0. The number of halogens is 2. The molecule has 1 heterocycles. The van der Waals surface area contributed by atoms with Gasteiger partial charge in [-0.15, -0.1) is 0 Å². The molecule has 0 amide bonds. The molecule has 1 nitrogen and oxygen atoms in total. The van der Waals surface area contributed by atoms with Crippen molar-refractivity contribution in [3.63, 3.8) is 0 Å². The number of rotatable bonds is 1. The molecular formula is C15H9F2N. The van der Waals surface area contributed by atoms with Crippen LogP contribution in [0.25, 0.3) is 22.2 Å². The zero-order valence-electron chi connectivity index (χ0n) is 9.40. The van der Waals surface area contributed by atoms with Crippen LogP contribution in [0.2, 0.25) is 0 Å². The summed E-state index contributed by atoms with van der Waals surface area (Å²) in [7, 11) is 0. The molecule has 2 aromatic carbocycles. The molecule has 3 heteroatoms. The molecule has 0 bridgehead atoms. The second kappa shape index (κ2) is 4.18. The van der Waals surface area contributed by atoms with Crippen molar-refractivity contribution >= 4 is 10.9 Å². The average Bonchev–Trinajstić information content (AvgIpc) is 2.44. The van der Waals surface area contributed by atoms with E-state index in [0.717, 1.165) is 0 Å². The van der Waals surface area contributed by atoms with Gasteiger partial charge in [0.2, 0.25) is 0 Å². The Kier molecular flexibility index (Phi) is 2.52. The summed E-state index contributed by atoms with van der Waals surface area (Å²) in [4.78, 5) is 4.19. The van der Waals surface area contributed by atoms with Gasteiger partial charge >= 0.3 is 0 Å². The number of nitrogens with zero attached hydrogens (tertiary/aromatic N) is 1. The number of hydrogen-bond acceptors (Lipinski definition) is 1. The molecule has 3 aromatic rings. The molecule has 0 radical (unpaired) electrons. The molecule has 0 saturated heterocycles. The van der Waals surface area contributed by atoms with Crippen molar-refractivity contribution in [2.24, 2.45) is 0 Å². The first-order valence-corrected chi connectivity index (χ1v) is 5.56. The Morgan fingerprint density at radius 2 is 1.39 bits per heavy atom. The van der Waals surface area contributed by atoms with Gasteiger partial charge in [-0.25, -0.2) is 13.8 Å². The van der Waals surface area contributed by atoms with Crippen LogP contribution in [0.4, 0.5) is 8.78 Å². The van der Waals surface area contributed by atoms with Gasteiger partial charge in [-0.3, -0.25) is 0 Å². The topological polar surface area (TPSA) is 12.9 Å². The molecule has 0 unspecified atom stereocenters. The zero-order chi connectivity index (χ0) is 12.5. The SMILES string of the molecule is Fc1c(-c2ccccc2)nc2ccccc2c1F. The van der Waals surface area contributed by atoms with Crippen molar-refractivity contribution in [2.75, 3.05) is 0 Å². The third kappa shape index (κ3) is 1.64. The monoisotopic (exact) mass is 241 g/mol. The van der Waals surface area contributed by atoms with Crippen LogP contribution in [0.3, 0.4) is 0 Å². The van der Waals surface area contributed by atoms with Crippen molar-refractivity contribution < 1.29 is 8.78 Å². The lowest BCUT2D eigenvalue weighted by Crippen LogP contribution is -1.96. The highest BCUT2D eigenvalue weighted by Crippen LogP contribution is 2.27. The molecule has 0 saturated carbocycles. The predicted octanol–water partition coefficient (Wildman–Crippen LogP) is 4.18. The quantitative estimate of drug-likeness (QED) is 0.622. The highest BCUT2D eigenvalue weighted by atomic mass is 19.2. The van der Waals surface area contributed by atoms with Crippen LogP contribution < -0.4 is 0 Å². The summed E-state index contributed by atoms with van der Waals surface area (Å²) in [6.07, 6.45) is 0. The molecule has 0 atom stereocenters. The lowest BCUT2D eigenvalue weighted by molar-refractivity contribution is 0.516. The second-order valence-corrected chi connectivity index (χ2v) is 3.97. The van der Waals surface area contributed by atoms with Gasteiger partial charge in [0.15, 0.2) is 11.6 Å². The molecule has 1 aromatic heterocycles. The minimum absolute atomic E-state index is 0.0480. The standard InChI is InChI=1S/C15H9F2N/c16-13-11-8-4-5-9-12(11)18-15(14(13)17)10-6-2-1-3-7-10/h1-9H. The molecule has 0 aliphatic carbocycles. The fraction of sp³-hybridized carbons (Fsp3) is 0. The maximum absolute atomic E-state index is 14.0. The molecule has 0 fully saturated rings. The summed E-state index contributed by atoms with van der Waals surface area (Å²) >= 11 is 0. The van der Waals surface area contributed by atoms with Crippen LogP contribution in [0.5, 0.6) is 0 Å². The lowest BCUT2D eigenvalue weighted by atomic mass is 10.1. The number of fused-ring (bicyclic) bond motifs is 1. The van der Waals surface area contributed by atoms with E-state index >= 15 is 0 Å². The first-order valence-electron chi connectivity index (χ1n) is 5.56. The average molecular weight is 241 g/mol. The highest BCUT2D eigenvalue weighted by Gasteiger charge is 2.15. The number of pyridine rings is 1. The minimum Gasteiger partial charge on any atom is -0.244 e. The number of para-hydroxylation sites is 1. The minimum atomic E-state index is -0.903. The maximum atomic E-state index is 14.0. The molecule has 0 N–H and O–H groups in total. The van der Waals surface area contributed by atoms with E-state index in [1.807, 2.05) is 6.07 Å². The first-order chi connectivity index (χ1) is 8.77. The predicted molar refractivity (Wildman–Crippen MR) is 67.1 cm³/mol. The van der Waals surface area contributed by atoms with E-state index < -0.39 is 11.6 Å². The fourth-order valence-electron chi connectivity index (χ4n) is 1.94. The molecule has 0 spiro atoms. The van der Waals surface area contributed by atoms with Crippen molar-refractivity contribution in [1.82, 2.24) is 4.98 Å². The zero-order valence-corrected chi connectivity index (χ0v) is 9.40. The van der Waals surface area contributed by atoms with Crippen molar-refractivity contribution in [2.45, 2.75) is 0 Å². The third-order valence-corrected chi connectivity index (χ3v) is 2.82. The summed E-state index contributed by atoms with van der Waals surface area (Å²) in [6, 6.07) is 15.4. The van der Waals surface area contributed by atoms with Crippen molar-refractivity contribution in [3.05, 3.63) is 66.2 Å². The van der Waals surface area contributed by atoms with Gasteiger partial charge in [-0.1, -0.05) is 42.5 Å². The van der Waals surface area contributed by atoms with Crippen molar-refractivity contribution in [1.29, 1.82) is 0 Å². The Morgan fingerprint density at radius 1 is 0.722 bits per heavy atom. The van der Waals surface area contributed by atoms with E-state index in [-0.39, 0.29) is 11.1 Å². The summed E-state index contributed by atoms with van der Waals surface area (Å²) in [5.41, 5.74) is 1.07. The van der Waals surface area contributed by atoms with Gasteiger partial charge in [0, 0.05) is 10.9 Å². The van der Waals surface area contributed by atoms with Gasteiger partial charge in [0.05, 0.1) is 5.52 Å². The van der Waals surface area contributed by atoms with Gasteiger partial charge < -0.3 is 0 Å². The van der Waals surface area contributed by atoms with Crippen LogP contribution >= 0.6 is 0 Å². The van der Waals surface area contributed by atoms with E-state index in [4.69, 9.17) is 0 Å². The van der Waals surface area contributed by atoms with E-state index in [1.54, 1.807) is 42.5 Å². The van der Waals surface area contributed by atoms with Crippen LogP contribution in [0, 0.1) is 11.6 Å². The Bertz CT molecular complexity index is 708. The maximum Gasteiger partial charge on any atom is 0.185 e. The smallest absolute Gasteiger partial charge is 0.185 e.